The zero-order chi connectivity index (χ0) is 15.2. The van der Waals surface area contributed by atoms with Gasteiger partial charge in [0.2, 0.25) is 5.91 Å². The van der Waals surface area contributed by atoms with Crippen molar-refractivity contribution in [1.82, 2.24) is 15.6 Å². The number of nitrogens with zero attached hydrogens (tertiary/aromatic N) is 1. The molecule has 0 bridgehead atoms. The highest BCUT2D eigenvalue weighted by molar-refractivity contribution is 5.99. The average Bonchev–Trinajstić information content (AvgIpc) is 2.50. The highest BCUT2D eigenvalue weighted by atomic mass is 16.2. The standard InChI is InChI=1S/C15H18N4O2/c1-10(20)17-7-8-18-15(21)14-9-13(16-2)11-5-3-4-6-12(11)19-14/h3-6,9H,7-8H2,1-2H3,(H,16,19)(H,17,20)(H,18,21). The Morgan fingerprint density at radius 3 is 2.57 bits per heavy atom. The minimum Gasteiger partial charge on any atom is -0.388 e. The van der Waals surface area contributed by atoms with Crippen LogP contribution < -0.4 is 16.0 Å². The van der Waals surface area contributed by atoms with Crippen LogP contribution in [0.4, 0.5) is 5.69 Å². The lowest BCUT2D eigenvalue weighted by Gasteiger charge is -2.09. The van der Waals surface area contributed by atoms with Crippen molar-refractivity contribution in [1.29, 1.82) is 0 Å². The second kappa shape index (κ2) is 6.69. The summed E-state index contributed by atoms with van der Waals surface area (Å²) in [5, 5.41) is 9.38. The van der Waals surface area contributed by atoms with Crippen molar-refractivity contribution < 1.29 is 9.59 Å². The van der Waals surface area contributed by atoms with E-state index in [2.05, 4.69) is 20.9 Å². The predicted molar refractivity (Wildman–Crippen MR) is 82.3 cm³/mol. The summed E-state index contributed by atoms with van der Waals surface area (Å²) in [6.45, 7) is 2.20. The van der Waals surface area contributed by atoms with Crippen LogP contribution in [0.5, 0.6) is 0 Å². The Balaban J connectivity index is 2.14. The molecule has 2 aromatic rings. The Morgan fingerprint density at radius 2 is 1.86 bits per heavy atom. The number of amides is 2. The molecule has 2 rings (SSSR count). The van der Waals surface area contributed by atoms with Crippen molar-refractivity contribution in [2.45, 2.75) is 6.92 Å². The summed E-state index contributed by atoms with van der Waals surface area (Å²) in [4.78, 5) is 27.2. The van der Waals surface area contributed by atoms with Gasteiger partial charge >= 0.3 is 0 Å². The number of rotatable bonds is 5. The summed E-state index contributed by atoms with van der Waals surface area (Å²) in [6.07, 6.45) is 0. The van der Waals surface area contributed by atoms with E-state index in [4.69, 9.17) is 0 Å². The van der Waals surface area contributed by atoms with Gasteiger partial charge < -0.3 is 16.0 Å². The van der Waals surface area contributed by atoms with Crippen LogP contribution in [-0.2, 0) is 4.79 Å². The van der Waals surface area contributed by atoms with Gasteiger partial charge in [-0.15, -0.1) is 0 Å². The zero-order valence-corrected chi connectivity index (χ0v) is 12.1. The van der Waals surface area contributed by atoms with E-state index in [9.17, 15) is 9.59 Å². The molecule has 0 atom stereocenters. The summed E-state index contributed by atoms with van der Waals surface area (Å²) in [6, 6.07) is 9.35. The molecule has 0 unspecified atom stereocenters. The zero-order valence-electron chi connectivity index (χ0n) is 12.1. The van der Waals surface area contributed by atoms with Crippen molar-refractivity contribution in [2.24, 2.45) is 0 Å². The summed E-state index contributed by atoms with van der Waals surface area (Å²) < 4.78 is 0. The first kappa shape index (κ1) is 14.8. The maximum atomic E-state index is 12.1. The van der Waals surface area contributed by atoms with Crippen LogP contribution in [0.1, 0.15) is 17.4 Å². The second-order valence-electron chi connectivity index (χ2n) is 4.56. The van der Waals surface area contributed by atoms with Gasteiger partial charge in [-0.2, -0.15) is 0 Å². The fourth-order valence-corrected chi connectivity index (χ4v) is 2.00. The number of para-hydroxylation sites is 1. The molecule has 0 spiro atoms. The highest BCUT2D eigenvalue weighted by Gasteiger charge is 2.10. The van der Waals surface area contributed by atoms with Crippen molar-refractivity contribution in [3.63, 3.8) is 0 Å². The Bertz CT molecular complexity index is 670. The molecular formula is C15H18N4O2. The molecule has 1 aromatic carbocycles. The summed E-state index contributed by atoms with van der Waals surface area (Å²) in [5.74, 6) is -0.381. The van der Waals surface area contributed by atoms with E-state index < -0.39 is 0 Å². The van der Waals surface area contributed by atoms with E-state index in [1.165, 1.54) is 6.92 Å². The van der Waals surface area contributed by atoms with Gasteiger partial charge in [0.15, 0.2) is 0 Å². The average molecular weight is 286 g/mol. The second-order valence-corrected chi connectivity index (χ2v) is 4.56. The minimum absolute atomic E-state index is 0.120. The molecule has 0 saturated carbocycles. The van der Waals surface area contributed by atoms with Crippen molar-refractivity contribution in [3.05, 3.63) is 36.0 Å². The third-order valence-electron chi connectivity index (χ3n) is 3.00. The number of pyridine rings is 1. The smallest absolute Gasteiger partial charge is 0.270 e. The molecule has 0 aliphatic rings. The maximum Gasteiger partial charge on any atom is 0.270 e. The van der Waals surface area contributed by atoms with Gasteiger partial charge in [-0.25, -0.2) is 4.98 Å². The molecule has 3 N–H and O–H groups in total. The number of aromatic nitrogens is 1. The molecule has 1 heterocycles. The monoisotopic (exact) mass is 286 g/mol. The fraction of sp³-hybridized carbons (Fsp3) is 0.267. The molecule has 21 heavy (non-hydrogen) atoms. The number of carbonyl (C=O) groups is 2. The number of hydrogen-bond donors (Lipinski definition) is 3. The lowest BCUT2D eigenvalue weighted by Crippen LogP contribution is -2.34. The van der Waals surface area contributed by atoms with Gasteiger partial charge in [-0.05, 0) is 12.1 Å². The lowest BCUT2D eigenvalue weighted by molar-refractivity contribution is -0.118. The predicted octanol–water partition coefficient (Wildman–Crippen LogP) is 1.14. The third-order valence-corrected chi connectivity index (χ3v) is 3.00. The van der Waals surface area contributed by atoms with Crippen LogP contribution in [0.15, 0.2) is 30.3 Å². The van der Waals surface area contributed by atoms with Gasteiger partial charge in [-0.1, -0.05) is 18.2 Å². The summed E-state index contributed by atoms with van der Waals surface area (Å²) >= 11 is 0. The minimum atomic E-state index is -0.261. The Labute approximate surface area is 122 Å². The fourth-order valence-electron chi connectivity index (χ4n) is 2.00. The van der Waals surface area contributed by atoms with Gasteiger partial charge in [0.1, 0.15) is 5.69 Å². The first-order chi connectivity index (χ1) is 10.1. The topological polar surface area (TPSA) is 83.1 Å². The van der Waals surface area contributed by atoms with E-state index in [0.29, 0.717) is 18.8 Å². The first-order valence-corrected chi connectivity index (χ1v) is 6.72. The van der Waals surface area contributed by atoms with Crippen molar-refractivity contribution in [2.75, 3.05) is 25.5 Å². The number of carbonyl (C=O) groups excluding carboxylic acids is 2. The Morgan fingerprint density at radius 1 is 1.14 bits per heavy atom. The van der Waals surface area contributed by atoms with E-state index in [-0.39, 0.29) is 11.8 Å². The van der Waals surface area contributed by atoms with Crippen LogP contribution in [-0.4, -0.2) is 36.9 Å². The van der Waals surface area contributed by atoms with E-state index >= 15 is 0 Å². The van der Waals surface area contributed by atoms with Gasteiger partial charge in [0.05, 0.1) is 5.52 Å². The molecule has 1 aromatic heterocycles. The summed E-state index contributed by atoms with van der Waals surface area (Å²) in [7, 11) is 1.81. The molecule has 6 nitrogen and oxygen atoms in total. The SMILES string of the molecule is CNc1cc(C(=O)NCCNC(C)=O)nc2ccccc12. The van der Waals surface area contributed by atoms with E-state index in [1.54, 1.807) is 13.1 Å². The third kappa shape index (κ3) is 3.68. The lowest BCUT2D eigenvalue weighted by atomic mass is 10.1. The number of benzene rings is 1. The quantitative estimate of drug-likeness (QED) is 0.720. The number of fused-ring (bicyclic) bond motifs is 1. The van der Waals surface area contributed by atoms with Gasteiger partial charge in [-0.3, -0.25) is 9.59 Å². The van der Waals surface area contributed by atoms with E-state index in [1.807, 2.05) is 24.3 Å². The molecule has 0 radical (unpaired) electrons. The Kier molecular flexibility index (Phi) is 4.71. The molecular weight excluding hydrogens is 268 g/mol. The van der Waals surface area contributed by atoms with E-state index in [0.717, 1.165) is 16.6 Å². The van der Waals surface area contributed by atoms with Crippen LogP contribution in [0, 0.1) is 0 Å². The number of nitrogens with one attached hydrogen (secondary N) is 3. The molecule has 6 heteroatoms. The number of anilines is 1. The van der Waals surface area contributed by atoms with Crippen LogP contribution in [0.3, 0.4) is 0 Å². The molecule has 0 fully saturated rings. The largest absolute Gasteiger partial charge is 0.388 e. The maximum absolute atomic E-state index is 12.1. The Hall–Kier alpha value is -2.63. The summed E-state index contributed by atoms with van der Waals surface area (Å²) in [5.41, 5.74) is 1.96. The van der Waals surface area contributed by atoms with Crippen LogP contribution in [0.25, 0.3) is 10.9 Å². The van der Waals surface area contributed by atoms with Crippen LogP contribution in [0.2, 0.25) is 0 Å². The van der Waals surface area contributed by atoms with Gasteiger partial charge in [0.25, 0.3) is 5.91 Å². The first-order valence-electron chi connectivity index (χ1n) is 6.72. The molecule has 110 valence electrons. The normalized spacial score (nSPS) is 10.2. The highest BCUT2D eigenvalue weighted by Crippen LogP contribution is 2.22. The van der Waals surface area contributed by atoms with Crippen molar-refractivity contribution in [3.8, 4) is 0 Å². The number of hydrogen-bond acceptors (Lipinski definition) is 4. The molecule has 0 saturated heterocycles. The van der Waals surface area contributed by atoms with Gasteiger partial charge in [0, 0.05) is 38.1 Å². The molecule has 0 aliphatic carbocycles. The molecule has 2 amide bonds. The van der Waals surface area contributed by atoms with Crippen molar-refractivity contribution >= 4 is 28.4 Å². The van der Waals surface area contributed by atoms with Crippen LogP contribution >= 0.6 is 0 Å². The molecule has 0 aliphatic heterocycles.